The molecule has 0 aliphatic heterocycles. The molecule has 0 spiro atoms. The number of hydrogen-bond donors (Lipinski definition) is 2. The fourth-order valence-electron chi connectivity index (χ4n) is 2.72. The molecule has 2 aromatic heterocycles. The van der Waals surface area contributed by atoms with E-state index in [0.29, 0.717) is 24.2 Å². The molecule has 120 valence electrons. The molecular formula is C17H20N4O2. The zero-order chi connectivity index (χ0) is 16.6. The molecule has 0 saturated carbocycles. The molecule has 0 fully saturated rings. The molecule has 0 radical (unpaired) electrons. The Morgan fingerprint density at radius 1 is 1.22 bits per heavy atom. The fraction of sp³-hybridized carbons (Fsp3) is 0.294. The van der Waals surface area contributed by atoms with Crippen LogP contribution in [0.25, 0.3) is 5.65 Å². The van der Waals surface area contributed by atoms with Crippen molar-refractivity contribution in [3.63, 3.8) is 0 Å². The molecule has 0 bridgehead atoms. The Labute approximate surface area is 134 Å². The van der Waals surface area contributed by atoms with Crippen LogP contribution in [0.4, 0.5) is 0 Å². The van der Waals surface area contributed by atoms with Crippen LogP contribution in [0, 0.1) is 6.92 Å². The molecule has 0 aliphatic rings. The Morgan fingerprint density at radius 2 is 1.91 bits per heavy atom. The van der Waals surface area contributed by atoms with E-state index in [0.717, 1.165) is 16.8 Å². The van der Waals surface area contributed by atoms with Crippen LogP contribution >= 0.6 is 0 Å². The van der Waals surface area contributed by atoms with Crippen molar-refractivity contribution in [3.05, 3.63) is 63.1 Å². The highest BCUT2D eigenvalue weighted by molar-refractivity contribution is 5.53. The Balaban J connectivity index is 2.13. The maximum absolute atomic E-state index is 12.4. The van der Waals surface area contributed by atoms with E-state index in [1.54, 1.807) is 0 Å². The number of hydrogen-bond acceptors (Lipinski definition) is 4. The van der Waals surface area contributed by atoms with E-state index in [2.05, 4.69) is 10.1 Å². The predicted molar refractivity (Wildman–Crippen MR) is 88.9 cm³/mol. The van der Waals surface area contributed by atoms with Crippen molar-refractivity contribution in [1.29, 1.82) is 0 Å². The van der Waals surface area contributed by atoms with Gasteiger partial charge in [-0.1, -0.05) is 30.3 Å². The molecule has 23 heavy (non-hydrogen) atoms. The number of fused-ring (bicyclic) bond motifs is 1. The van der Waals surface area contributed by atoms with Crippen LogP contribution in [0.1, 0.15) is 22.4 Å². The van der Waals surface area contributed by atoms with E-state index in [9.17, 15) is 9.90 Å². The van der Waals surface area contributed by atoms with E-state index in [1.807, 2.05) is 56.3 Å². The Hall–Kier alpha value is -2.60. The van der Waals surface area contributed by atoms with Crippen molar-refractivity contribution in [3.8, 4) is 5.88 Å². The molecule has 2 N–H and O–H groups in total. The van der Waals surface area contributed by atoms with E-state index in [-0.39, 0.29) is 11.4 Å². The van der Waals surface area contributed by atoms with E-state index in [4.69, 9.17) is 0 Å². The van der Waals surface area contributed by atoms with Gasteiger partial charge in [0, 0.05) is 18.5 Å². The van der Waals surface area contributed by atoms with Gasteiger partial charge in [-0.3, -0.25) is 4.79 Å². The van der Waals surface area contributed by atoms with E-state index in [1.165, 1.54) is 4.52 Å². The van der Waals surface area contributed by atoms with Crippen LogP contribution < -0.4 is 5.56 Å². The Bertz CT molecular complexity index is 894. The number of nitrogens with one attached hydrogen (secondary N) is 1. The highest BCUT2D eigenvalue weighted by Gasteiger charge is 2.18. The van der Waals surface area contributed by atoms with Crippen molar-refractivity contribution in [2.75, 3.05) is 14.1 Å². The minimum absolute atomic E-state index is 0.0966. The van der Waals surface area contributed by atoms with Gasteiger partial charge < -0.3 is 15.0 Å². The molecule has 0 unspecified atom stereocenters. The molecular weight excluding hydrogens is 292 g/mol. The maximum Gasteiger partial charge on any atom is 0.258 e. The van der Waals surface area contributed by atoms with Crippen LogP contribution in [0.2, 0.25) is 0 Å². The second kappa shape index (κ2) is 5.89. The summed E-state index contributed by atoms with van der Waals surface area (Å²) >= 11 is 0. The first-order valence-corrected chi connectivity index (χ1v) is 7.48. The van der Waals surface area contributed by atoms with Crippen molar-refractivity contribution >= 4 is 5.65 Å². The molecule has 0 amide bonds. The number of aromatic nitrogens is 3. The number of aromatic amines is 1. The lowest BCUT2D eigenvalue weighted by Gasteiger charge is -2.09. The summed E-state index contributed by atoms with van der Waals surface area (Å²) in [5.74, 6) is -0.0966. The van der Waals surface area contributed by atoms with Crippen molar-refractivity contribution in [2.45, 2.75) is 19.9 Å². The van der Waals surface area contributed by atoms with Gasteiger partial charge in [0.2, 0.25) is 5.88 Å². The third-order valence-electron chi connectivity index (χ3n) is 3.86. The van der Waals surface area contributed by atoms with Crippen molar-refractivity contribution in [1.82, 2.24) is 19.5 Å². The Kier molecular flexibility index (Phi) is 3.92. The maximum atomic E-state index is 12.4. The summed E-state index contributed by atoms with van der Waals surface area (Å²) in [5, 5.41) is 14.9. The number of aromatic hydroxyl groups is 1. The van der Waals surface area contributed by atoms with Gasteiger partial charge in [-0.2, -0.15) is 9.61 Å². The van der Waals surface area contributed by atoms with Crippen LogP contribution in [-0.4, -0.2) is 38.7 Å². The topological polar surface area (TPSA) is 73.6 Å². The minimum atomic E-state index is -0.279. The summed E-state index contributed by atoms with van der Waals surface area (Å²) in [6.45, 7) is 2.52. The van der Waals surface area contributed by atoms with Gasteiger partial charge in [0.1, 0.15) is 5.65 Å². The van der Waals surface area contributed by atoms with Gasteiger partial charge in [0.05, 0.1) is 11.3 Å². The van der Waals surface area contributed by atoms with Gasteiger partial charge in [-0.05, 0) is 26.6 Å². The fourth-order valence-corrected chi connectivity index (χ4v) is 2.72. The summed E-state index contributed by atoms with van der Waals surface area (Å²) in [6, 6.07) is 9.59. The number of rotatable bonds is 4. The van der Waals surface area contributed by atoms with Gasteiger partial charge >= 0.3 is 0 Å². The summed E-state index contributed by atoms with van der Waals surface area (Å²) in [5.41, 5.74) is 3.26. The summed E-state index contributed by atoms with van der Waals surface area (Å²) in [4.78, 5) is 17.3. The highest BCUT2D eigenvalue weighted by Crippen LogP contribution is 2.22. The lowest BCUT2D eigenvalue weighted by molar-refractivity contribution is 0.402. The van der Waals surface area contributed by atoms with Crippen LogP contribution in [0.3, 0.4) is 0 Å². The molecule has 2 heterocycles. The molecule has 3 aromatic rings. The smallest absolute Gasteiger partial charge is 0.258 e. The quantitative estimate of drug-likeness (QED) is 0.769. The molecule has 0 atom stereocenters. The number of aryl methyl sites for hydroxylation is 1. The number of H-pyrrole nitrogens is 1. The molecule has 6 nitrogen and oxygen atoms in total. The average molecular weight is 312 g/mol. The lowest BCUT2D eigenvalue weighted by atomic mass is 10.1. The third-order valence-corrected chi connectivity index (χ3v) is 3.86. The molecule has 1 aromatic carbocycles. The van der Waals surface area contributed by atoms with Gasteiger partial charge in [0.25, 0.3) is 5.56 Å². The van der Waals surface area contributed by atoms with E-state index >= 15 is 0 Å². The molecule has 3 rings (SSSR count). The van der Waals surface area contributed by atoms with Gasteiger partial charge in [-0.15, -0.1) is 0 Å². The lowest BCUT2D eigenvalue weighted by Crippen LogP contribution is -2.17. The van der Waals surface area contributed by atoms with Crippen molar-refractivity contribution in [2.24, 2.45) is 0 Å². The van der Waals surface area contributed by atoms with Crippen molar-refractivity contribution < 1.29 is 5.11 Å². The summed E-state index contributed by atoms with van der Waals surface area (Å²) < 4.78 is 1.42. The van der Waals surface area contributed by atoms with Crippen LogP contribution in [-0.2, 0) is 13.0 Å². The number of nitrogens with zero attached hydrogens (tertiary/aromatic N) is 3. The van der Waals surface area contributed by atoms with E-state index < -0.39 is 0 Å². The normalized spacial score (nSPS) is 11.5. The highest BCUT2D eigenvalue weighted by atomic mass is 16.3. The van der Waals surface area contributed by atoms with Gasteiger partial charge in [0.15, 0.2) is 0 Å². The molecule has 0 aliphatic carbocycles. The van der Waals surface area contributed by atoms with Crippen LogP contribution in [0.15, 0.2) is 35.1 Å². The first-order chi connectivity index (χ1) is 11.0. The summed E-state index contributed by atoms with van der Waals surface area (Å²) in [7, 11) is 3.90. The largest absolute Gasteiger partial charge is 0.493 e. The Morgan fingerprint density at radius 3 is 2.57 bits per heavy atom. The average Bonchev–Trinajstić information content (AvgIpc) is 2.81. The first kappa shape index (κ1) is 15.3. The number of benzene rings is 1. The standard InChI is InChI=1S/C17H20N4O2/c1-11-14(10-20(2)3)15-18-16(22)13(17(23)21(15)19-11)9-12-7-5-4-6-8-12/h4-8,23H,9-10H2,1-3H3,(H,18,22). The SMILES string of the molecule is Cc1nn2c(O)c(Cc3ccccc3)c(=O)[nH]c2c1CN(C)C. The molecule has 0 saturated heterocycles. The second-order valence-corrected chi connectivity index (χ2v) is 5.98. The monoisotopic (exact) mass is 312 g/mol. The van der Waals surface area contributed by atoms with Gasteiger partial charge in [-0.25, -0.2) is 0 Å². The second-order valence-electron chi connectivity index (χ2n) is 5.98. The zero-order valence-corrected chi connectivity index (χ0v) is 13.5. The minimum Gasteiger partial charge on any atom is -0.493 e. The zero-order valence-electron chi connectivity index (χ0n) is 13.5. The van der Waals surface area contributed by atoms with Crippen LogP contribution in [0.5, 0.6) is 5.88 Å². The molecule has 6 heteroatoms. The first-order valence-electron chi connectivity index (χ1n) is 7.48. The third kappa shape index (κ3) is 2.85. The summed E-state index contributed by atoms with van der Waals surface area (Å²) in [6.07, 6.45) is 0.361. The predicted octanol–water partition coefficient (Wildman–Crippen LogP) is 1.69.